The second-order valence-electron chi connectivity index (χ2n) is 12.8. The van der Waals surface area contributed by atoms with E-state index in [9.17, 15) is 53.2 Å². The molecule has 64 heavy (non-hydrogen) atoms. The molecular weight excluding hydrogens is 921 g/mol. The molecule has 0 bridgehead atoms. The minimum Gasteiger partial charge on any atom is -0.594 e. The quantitative estimate of drug-likeness (QED) is 0.0260. The Morgan fingerprint density at radius 2 is 0.656 bits per heavy atom. The van der Waals surface area contributed by atoms with Gasteiger partial charge < -0.3 is 10.4 Å². The first-order chi connectivity index (χ1) is 30.0. The van der Waals surface area contributed by atoms with Crippen LogP contribution in [-0.2, 0) is 40.5 Å². The molecule has 0 radical (unpaired) electrons. The third-order valence-corrected chi connectivity index (χ3v) is 11.9. The molecule has 0 aliphatic rings. The number of rotatable bonds is 14. The highest BCUT2D eigenvalue weighted by atomic mass is 32.2. The molecule has 6 rings (SSSR count). The number of benzene rings is 6. The van der Waals surface area contributed by atoms with Crippen LogP contribution < -0.4 is 0 Å². The summed E-state index contributed by atoms with van der Waals surface area (Å²) in [6, 6.07) is 27.3. The predicted molar refractivity (Wildman–Crippen MR) is 226 cm³/mol. The summed E-state index contributed by atoms with van der Waals surface area (Å²) < 4.78 is 133. The minimum absolute atomic E-state index is 0.0303. The highest BCUT2D eigenvalue weighted by Gasteiger charge is 2.18. The molecule has 0 aromatic heterocycles. The average molecular weight is 949 g/mol. The van der Waals surface area contributed by atoms with E-state index in [1.165, 1.54) is 97.1 Å². The Bertz CT molecular complexity index is 3140. The van der Waals surface area contributed by atoms with E-state index in [-0.39, 0.29) is 76.1 Å². The summed E-state index contributed by atoms with van der Waals surface area (Å²) in [5.74, 6) is 0. The average Bonchev–Trinajstić information content (AvgIpc) is 3.24. The van der Waals surface area contributed by atoms with Crippen LogP contribution in [0, 0.1) is 10.4 Å². The van der Waals surface area contributed by atoms with Crippen molar-refractivity contribution in [1.29, 1.82) is 0 Å². The van der Waals surface area contributed by atoms with Crippen LogP contribution in [0.2, 0.25) is 0 Å². The van der Waals surface area contributed by atoms with Crippen LogP contribution in [-0.4, -0.2) is 61.6 Å². The monoisotopic (exact) mass is 948 g/mol. The van der Waals surface area contributed by atoms with Crippen molar-refractivity contribution in [3.63, 3.8) is 0 Å². The molecule has 0 spiro atoms. The van der Waals surface area contributed by atoms with Crippen LogP contribution in [0.25, 0.3) is 12.2 Å². The molecule has 0 unspecified atom stereocenters. The molecule has 6 aromatic rings. The van der Waals surface area contributed by atoms with Crippen LogP contribution in [0.15, 0.2) is 184 Å². The lowest BCUT2D eigenvalue weighted by molar-refractivity contribution is -0.435. The van der Waals surface area contributed by atoms with Crippen LogP contribution in [0.4, 0.5) is 45.5 Å². The maximum atomic E-state index is 12.5. The van der Waals surface area contributed by atoms with Gasteiger partial charge in [0.2, 0.25) is 11.4 Å². The van der Waals surface area contributed by atoms with Gasteiger partial charge in [0, 0.05) is 34.5 Å². The standard InChI is InChI=1S/C38H28N8O14S4/c47-45(43-29-11-19-35(20-12-29)61(49,50)51)33-15-7-27(8-16-33)39-41-31-5-3-25(37(23-31)63(55,56)57)1-2-26-4-6-32(24-38(26)64(58,59)60)42-40-28-9-17-34(18-10-28)46(48)44-30-13-21-36(22-14-30)62(52,53)54/h1-24H,(H,49,50,51)(H,52,53,54)(H,55,56,57)(H,58,59,60). The maximum absolute atomic E-state index is 12.5. The molecule has 0 atom stereocenters. The number of nitrogens with zero attached hydrogens (tertiary/aromatic N) is 8. The van der Waals surface area contributed by atoms with Gasteiger partial charge in [-0.1, -0.05) is 34.0 Å². The Hall–Kier alpha value is -7.30. The second-order valence-corrected chi connectivity index (χ2v) is 18.5. The van der Waals surface area contributed by atoms with Crippen molar-refractivity contribution < 1.29 is 61.6 Å². The van der Waals surface area contributed by atoms with Gasteiger partial charge in [-0.15, -0.1) is 0 Å². The van der Waals surface area contributed by atoms with E-state index >= 15 is 0 Å². The summed E-state index contributed by atoms with van der Waals surface area (Å²) in [7, 11) is -18.6. The molecule has 0 saturated heterocycles. The molecule has 0 fully saturated rings. The number of hydrogen-bond donors (Lipinski definition) is 4. The van der Waals surface area contributed by atoms with Crippen LogP contribution >= 0.6 is 0 Å². The van der Waals surface area contributed by atoms with E-state index in [2.05, 4.69) is 30.7 Å². The van der Waals surface area contributed by atoms with Crippen LogP contribution in [0.1, 0.15) is 11.1 Å². The van der Waals surface area contributed by atoms with Crippen molar-refractivity contribution in [3.8, 4) is 0 Å². The van der Waals surface area contributed by atoms with E-state index in [0.717, 1.165) is 48.6 Å². The highest BCUT2D eigenvalue weighted by molar-refractivity contribution is 7.86. The fourth-order valence-electron chi connectivity index (χ4n) is 5.29. The van der Waals surface area contributed by atoms with E-state index in [0.29, 0.717) is 0 Å². The van der Waals surface area contributed by atoms with Crippen molar-refractivity contribution in [2.75, 3.05) is 0 Å². The first kappa shape index (κ1) is 46.2. The summed E-state index contributed by atoms with van der Waals surface area (Å²) >= 11 is 0. The van der Waals surface area contributed by atoms with Crippen molar-refractivity contribution in [2.24, 2.45) is 30.7 Å². The summed E-state index contributed by atoms with van der Waals surface area (Å²) in [6.45, 7) is 0. The first-order valence-corrected chi connectivity index (χ1v) is 23.3. The number of hydrogen-bond acceptors (Lipinski definition) is 16. The van der Waals surface area contributed by atoms with Gasteiger partial charge in [0.15, 0.2) is 0 Å². The molecule has 0 heterocycles. The first-order valence-electron chi connectivity index (χ1n) is 17.5. The zero-order chi connectivity index (χ0) is 46.5. The van der Waals surface area contributed by atoms with E-state index in [1.807, 2.05) is 0 Å². The number of azo groups is 4. The smallest absolute Gasteiger partial charge is 0.295 e. The van der Waals surface area contributed by atoms with Gasteiger partial charge in [-0.25, -0.2) is 0 Å². The molecule has 0 aliphatic carbocycles. The van der Waals surface area contributed by atoms with Gasteiger partial charge in [-0.3, -0.25) is 18.2 Å². The highest BCUT2D eigenvalue weighted by Crippen LogP contribution is 2.31. The molecular formula is C38H28N8O14S4. The Labute approximate surface area is 363 Å². The molecule has 0 amide bonds. The predicted octanol–water partition coefficient (Wildman–Crippen LogP) is 9.53. The second kappa shape index (κ2) is 18.6. The van der Waals surface area contributed by atoms with Crippen molar-refractivity contribution >= 4 is 98.1 Å². The van der Waals surface area contributed by atoms with Crippen molar-refractivity contribution in [2.45, 2.75) is 19.6 Å². The zero-order valence-corrected chi connectivity index (χ0v) is 35.2. The van der Waals surface area contributed by atoms with Crippen molar-refractivity contribution in [1.82, 2.24) is 0 Å². The summed E-state index contributed by atoms with van der Waals surface area (Å²) in [6.07, 6.45) is 2.33. The van der Waals surface area contributed by atoms with Gasteiger partial charge in [0.1, 0.15) is 21.2 Å². The van der Waals surface area contributed by atoms with Crippen LogP contribution in [0.5, 0.6) is 0 Å². The van der Waals surface area contributed by atoms with Gasteiger partial charge in [0.25, 0.3) is 40.5 Å². The van der Waals surface area contributed by atoms with Gasteiger partial charge in [-0.2, -0.15) is 54.1 Å². The van der Waals surface area contributed by atoms with Crippen molar-refractivity contribution in [3.05, 3.63) is 155 Å². The van der Waals surface area contributed by atoms with E-state index in [1.54, 1.807) is 0 Å². The molecule has 4 N–H and O–H groups in total. The summed E-state index contributed by atoms with van der Waals surface area (Å²) in [4.78, 5) is -1.50. The Morgan fingerprint density at radius 1 is 0.375 bits per heavy atom. The van der Waals surface area contributed by atoms with Gasteiger partial charge in [-0.05, 0) is 108 Å². The molecule has 22 nitrogen and oxygen atoms in total. The van der Waals surface area contributed by atoms with E-state index < -0.39 is 50.3 Å². The van der Waals surface area contributed by atoms with Crippen LogP contribution in [0.3, 0.4) is 0 Å². The SMILES string of the molecule is O=S(=O)(O)c1ccc(N=[N+]([O-])c2ccc(N=Nc3ccc(C=Cc4ccc(N=Nc5ccc([N+]([O-])=Nc6ccc(S(=O)(=O)O)cc6)cc5)cc4S(=O)(=O)O)c(S(=O)(=O)O)c3)cc2)cc1. The Balaban J connectivity index is 1.15. The van der Waals surface area contributed by atoms with E-state index in [4.69, 9.17) is 9.11 Å². The third-order valence-electron chi connectivity index (χ3n) is 8.38. The fraction of sp³-hybridized carbons (Fsp3) is 0. The molecule has 26 heteroatoms. The van der Waals surface area contributed by atoms with Gasteiger partial charge in [0.05, 0.1) is 32.5 Å². The topological polar surface area (TPSA) is 344 Å². The lowest BCUT2D eigenvalue weighted by atomic mass is 10.1. The largest absolute Gasteiger partial charge is 0.594 e. The molecule has 0 saturated carbocycles. The maximum Gasteiger partial charge on any atom is 0.295 e. The summed E-state index contributed by atoms with van der Waals surface area (Å²) in [5, 5.41) is 48.6. The minimum atomic E-state index is -4.89. The molecule has 0 aliphatic heterocycles. The fourth-order valence-corrected chi connectivity index (χ4v) is 7.66. The zero-order valence-electron chi connectivity index (χ0n) is 31.9. The Morgan fingerprint density at radius 3 is 0.953 bits per heavy atom. The molecule has 6 aromatic carbocycles. The lowest BCUT2D eigenvalue weighted by Gasteiger charge is -2.06. The Kier molecular flexibility index (Phi) is 13.4. The third kappa shape index (κ3) is 12.2. The normalized spacial score (nSPS) is 13.3. The molecule has 328 valence electrons. The lowest BCUT2D eigenvalue weighted by Crippen LogP contribution is -2.01. The summed E-state index contributed by atoms with van der Waals surface area (Å²) in [5.41, 5.74) is 0.465. The van der Waals surface area contributed by atoms with Gasteiger partial charge >= 0.3 is 0 Å².